The average molecular weight is 240 g/mol. The van der Waals surface area contributed by atoms with E-state index in [9.17, 15) is 0 Å². The lowest BCUT2D eigenvalue weighted by Gasteiger charge is -2.43. The minimum absolute atomic E-state index is 0.273. The highest BCUT2D eigenvalue weighted by Gasteiger charge is 2.35. The highest BCUT2D eigenvalue weighted by Crippen LogP contribution is 2.34. The maximum atomic E-state index is 6.11. The van der Waals surface area contributed by atoms with Gasteiger partial charge in [-0.25, -0.2) is 0 Å². The number of rotatable bonds is 5. The van der Waals surface area contributed by atoms with Crippen LogP contribution < -0.4 is 5.73 Å². The van der Waals surface area contributed by atoms with Crippen molar-refractivity contribution < 1.29 is 0 Å². The molecular formula is C15H32N2. The van der Waals surface area contributed by atoms with E-state index in [1.165, 1.54) is 51.6 Å². The molecule has 1 unspecified atom stereocenters. The predicted molar refractivity (Wildman–Crippen MR) is 76.2 cm³/mol. The Labute approximate surface area is 108 Å². The zero-order valence-corrected chi connectivity index (χ0v) is 12.4. The summed E-state index contributed by atoms with van der Waals surface area (Å²) >= 11 is 0. The van der Waals surface area contributed by atoms with Crippen LogP contribution in [0.2, 0.25) is 0 Å². The number of likely N-dealkylation sites (tertiary alicyclic amines) is 1. The minimum atomic E-state index is 0.273. The lowest BCUT2D eigenvalue weighted by molar-refractivity contribution is 0.0802. The van der Waals surface area contributed by atoms with Crippen molar-refractivity contribution in [2.75, 3.05) is 19.6 Å². The fraction of sp³-hybridized carbons (Fsp3) is 1.00. The van der Waals surface area contributed by atoms with E-state index in [2.05, 4.69) is 32.6 Å². The Morgan fingerprint density at radius 3 is 2.41 bits per heavy atom. The second-order valence-electron chi connectivity index (χ2n) is 6.54. The van der Waals surface area contributed by atoms with Gasteiger partial charge in [-0.1, -0.05) is 34.1 Å². The number of nitrogens with zero attached hydrogens (tertiary/aromatic N) is 1. The lowest BCUT2D eigenvalue weighted by atomic mass is 9.85. The summed E-state index contributed by atoms with van der Waals surface area (Å²) in [5, 5.41) is 0. The molecule has 0 spiro atoms. The Hall–Kier alpha value is -0.0800. The molecule has 102 valence electrons. The number of hydrogen-bond acceptors (Lipinski definition) is 2. The van der Waals surface area contributed by atoms with E-state index >= 15 is 0 Å². The number of hydrogen-bond donors (Lipinski definition) is 1. The van der Waals surface area contributed by atoms with Crippen molar-refractivity contribution in [3.63, 3.8) is 0 Å². The van der Waals surface area contributed by atoms with Crippen LogP contribution in [-0.2, 0) is 0 Å². The molecule has 1 fully saturated rings. The zero-order chi connectivity index (χ0) is 12.9. The zero-order valence-electron chi connectivity index (χ0n) is 12.4. The summed E-state index contributed by atoms with van der Waals surface area (Å²) in [6, 6.07) is 0. The predicted octanol–water partition coefficient (Wildman–Crippen LogP) is 3.41. The van der Waals surface area contributed by atoms with Crippen LogP contribution in [0, 0.1) is 5.41 Å². The minimum Gasteiger partial charge on any atom is -0.329 e. The summed E-state index contributed by atoms with van der Waals surface area (Å²) < 4.78 is 0. The standard InChI is InChI=1S/C15H32N2/c1-5-8-15(6-2,13-16)17-11-7-9-14(3,4)10-12-17/h5-13,16H2,1-4H3. The Bertz CT molecular complexity index is 219. The first-order chi connectivity index (χ1) is 7.99. The van der Waals surface area contributed by atoms with E-state index < -0.39 is 0 Å². The van der Waals surface area contributed by atoms with Gasteiger partial charge in [0.05, 0.1) is 0 Å². The van der Waals surface area contributed by atoms with Crippen LogP contribution in [0.1, 0.15) is 66.2 Å². The van der Waals surface area contributed by atoms with Crippen LogP contribution in [0.25, 0.3) is 0 Å². The van der Waals surface area contributed by atoms with Gasteiger partial charge in [-0.2, -0.15) is 0 Å². The quantitative estimate of drug-likeness (QED) is 0.798. The summed E-state index contributed by atoms with van der Waals surface area (Å²) in [7, 11) is 0. The van der Waals surface area contributed by atoms with E-state index in [-0.39, 0.29) is 5.54 Å². The third-order valence-electron chi connectivity index (χ3n) is 4.76. The van der Waals surface area contributed by atoms with Crippen molar-refractivity contribution in [3.05, 3.63) is 0 Å². The smallest absolute Gasteiger partial charge is 0.0329 e. The van der Waals surface area contributed by atoms with E-state index in [1.54, 1.807) is 0 Å². The Balaban J connectivity index is 2.74. The molecule has 1 heterocycles. The Morgan fingerprint density at radius 1 is 1.18 bits per heavy atom. The molecule has 1 saturated heterocycles. The summed E-state index contributed by atoms with van der Waals surface area (Å²) in [5.74, 6) is 0. The molecule has 2 nitrogen and oxygen atoms in total. The maximum Gasteiger partial charge on any atom is 0.0329 e. The molecule has 1 aliphatic heterocycles. The van der Waals surface area contributed by atoms with Crippen molar-refractivity contribution in [1.82, 2.24) is 4.90 Å². The van der Waals surface area contributed by atoms with E-state index in [0.29, 0.717) is 5.41 Å². The third kappa shape index (κ3) is 3.69. The molecule has 1 atom stereocenters. The second-order valence-corrected chi connectivity index (χ2v) is 6.54. The fourth-order valence-corrected chi connectivity index (χ4v) is 3.30. The topological polar surface area (TPSA) is 29.3 Å². The summed E-state index contributed by atoms with van der Waals surface area (Å²) in [6.07, 6.45) is 7.69. The van der Waals surface area contributed by atoms with Gasteiger partial charge in [0.1, 0.15) is 0 Å². The van der Waals surface area contributed by atoms with Crippen molar-refractivity contribution >= 4 is 0 Å². The molecule has 0 aromatic heterocycles. The van der Waals surface area contributed by atoms with Gasteiger partial charge in [-0.15, -0.1) is 0 Å². The van der Waals surface area contributed by atoms with Crippen molar-refractivity contribution in [2.45, 2.75) is 71.8 Å². The second kappa shape index (κ2) is 6.19. The number of nitrogens with two attached hydrogens (primary N) is 1. The van der Waals surface area contributed by atoms with Gasteiger partial charge in [0.25, 0.3) is 0 Å². The maximum absolute atomic E-state index is 6.11. The van der Waals surface area contributed by atoms with Gasteiger partial charge < -0.3 is 5.73 Å². The van der Waals surface area contributed by atoms with Gasteiger partial charge >= 0.3 is 0 Å². The lowest BCUT2D eigenvalue weighted by Crippen LogP contribution is -2.54. The first kappa shape index (κ1) is 15.0. The largest absolute Gasteiger partial charge is 0.329 e. The normalized spacial score (nSPS) is 25.2. The van der Waals surface area contributed by atoms with Crippen molar-refractivity contribution in [1.29, 1.82) is 0 Å². The van der Waals surface area contributed by atoms with Crippen LogP contribution in [0.4, 0.5) is 0 Å². The Morgan fingerprint density at radius 2 is 1.88 bits per heavy atom. The molecular weight excluding hydrogens is 208 g/mol. The third-order valence-corrected chi connectivity index (χ3v) is 4.76. The molecule has 1 rings (SSSR count). The monoisotopic (exact) mass is 240 g/mol. The first-order valence-corrected chi connectivity index (χ1v) is 7.45. The highest BCUT2D eigenvalue weighted by molar-refractivity contribution is 4.92. The van der Waals surface area contributed by atoms with Gasteiger partial charge in [-0.3, -0.25) is 4.90 Å². The van der Waals surface area contributed by atoms with Crippen LogP contribution in [-0.4, -0.2) is 30.1 Å². The first-order valence-electron chi connectivity index (χ1n) is 7.45. The van der Waals surface area contributed by atoms with Gasteiger partial charge in [0.15, 0.2) is 0 Å². The SMILES string of the molecule is CCCC(CC)(CN)N1CCCC(C)(C)CC1. The van der Waals surface area contributed by atoms with Gasteiger partial charge in [0, 0.05) is 12.1 Å². The Kier molecular flexibility index (Phi) is 5.46. The highest BCUT2D eigenvalue weighted by atomic mass is 15.2. The molecule has 0 aromatic rings. The fourth-order valence-electron chi connectivity index (χ4n) is 3.30. The average Bonchev–Trinajstić information content (AvgIpc) is 2.48. The molecule has 2 N–H and O–H groups in total. The molecule has 0 radical (unpaired) electrons. The summed E-state index contributed by atoms with van der Waals surface area (Å²) in [5.41, 5.74) is 6.91. The van der Waals surface area contributed by atoms with Crippen LogP contribution in [0.15, 0.2) is 0 Å². The summed E-state index contributed by atoms with van der Waals surface area (Å²) in [4.78, 5) is 2.70. The van der Waals surface area contributed by atoms with Crippen molar-refractivity contribution in [2.24, 2.45) is 11.1 Å². The van der Waals surface area contributed by atoms with Crippen LogP contribution in [0.3, 0.4) is 0 Å². The van der Waals surface area contributed by atoms with Crippen LogP contribution >= 0.6 is 0 Å². The molecule has 0 saturated carbocycles. The summed E-state index contributed by atoms with van der Waals surface area (Å²) in [6.45, 7) is 12.7. The van der Waals surface area contributed by atoms with E-state index in [4.69, 9.17) is 5.73 Å². The molecule has 1 aliphatic rings. The van der Waals surface area contributed by atoms with E-state index in [0.717, 1.165) is 6.54 Å². The van der Waals surface area contributed by atoms with Gasteiger partial charge in [-0.05, 0) is 50.6 Å². The molecule has 0 aromatic carbocycles. The van der Waals surface area contributed by atoms with Crippen LogP contribution in [0.5, 0.6) is 0 Å². The molecule has 17 heavy (non-hydrogen) atoms. The molecule has 2 heteroatoms. The van der Waals surface area contributed by atoms with Crippen molar-refractivity contribution in [3.8, 4) is 0 Å². The molecule has 0 bridgehead atoms. The molecule has 0 amide bonds. The van der Waals surface area contributed by atoms with Gasteiger partial charge in [0.2, 0.25) is 0 Å². The molecule has 0 aliphatic carbocycles. The van der Waals surface area contributed by atoms with E-state index in [1.807, 2.05) is 0 Å².